The van der Waals surface area contributed by atoms with Gasteiger partial charge in [-0.2, -0.15) is 0 Å². The van der Waals surface area contributed by atoms with E-state index in [0.29, 0.717) is 12.6 Å². The van der Waals surface area contributed by atoms with Crippen LogP contribution in [0.5, 0.6) is 0 Å². The second-order valence-corrected chi connectivity index (χ2v) is 6.32. The molecule has 21 heavy (non-hydrogen) atoms. The number of nitrogens with one attached hydrogen (secondary N) is 1. The molecule has 3 rings (SSSR count). The number of nitrogens with zero attached hydrogens (tertiary/aromatic N) is 1. The van der Waals surface area contributed by atoms with Crippen molar-refractivity contribution in [2.45, 2.75) is 56.0 Å². The Morgan fingerprint density at radius 3 is 2.57 bits per heavy atom. The molecule has 1 aromatic heterocycles. The minimum Gasteiger partial charge on any atom is -0.449 e. The predicted molar refractivity (Wildman–Crippen MR) is 79.9 cm³/mol. The Labute approximate surface area is 125 Å². The van der Waals surface area contributed by atoms with Crippen molar-refractivity contribution in [1.29, 1.82) is 0 Å². The van der Waals surface area contributed by atoms with Crippen molar-refractivity contribution in [2.75, 3.05) is 6.61 Å². The molecular weight excluding hydrogens is 266 g/mol. The van der Waals surface area contributed by atoms with Gasteiger partial charge in [0.2, 0.25) is 0 Å². The van der Waals surface area contributed by atoms with Crippen LogP contribution in [0.1, 0.15) is 44.2 Å². The molecule has 2 fully saturated rings. The zero-order valence-electron chi connectivity index (χ0n) is 12.3. The maximum Gasteiger partial charge on any atom is 0.404 e. The summed E-state index contributed by atoms with van der Waals surface area (Å²) in [5.41, 5.74) is 5.98. The maximum absolute atomic E-state index is 11.0. The normalized spacial score (nSPS) is 29.0. The van der Waals surface area contributed by atoms with Crippen LogP contribution in [0.25, 0.3) is 0 Å². The molecule has 1 amide bonds. The molecule has 3 N–H and O–H groups in total. The van der Waals surface area contributed by atoms with Crippen LogP contribution >= 0.6 is 0 Å². The van der Waals surface area contributed by atoms with Crippen LogP contribution in [0.4, 0.5) is 4.79 Å². The van der Waals surface area contributed by atoms with Gasteiger partial charge in [0.05, 0.1) is 0 Å². The van der Waals surface area contributed by atoms with E-state index in [1.165, 1.54) is 12.8 Å². The number of aromatic nitrogens is 1. The van der Waals surface area contributed by atoms with Crippen LogP contribution < -0.4 is 11.1 Å². The minimum atomic E-state index is -0.705. The van der Waals surface area contributed by atoms with Gasteiger partial charge in [-0.1, -0.05) is 6.07 Å². The van der Waals surface area contributed by atoms with E-state index in [0.717, 1.165) is 37.4 Å². The second-order valence-electron chi connectivity index (χ2n) is 6.32. The van der Waals surface area contributed by atoms with E-state index >= 15 is 0 Å². The number of carbonyl (C=O) groups excluding carboxylic acids is 1. The molecule has 0 aliphatic heterocycles. The molecule has 0 bridgehead atoms. The number of nitrogens with two attached hydrogens (primary N) is 1. The highest BCUT2D eigenvalue weighted by molar-refractivity contribution is 5.64. The Kier molecular flexibility index (Phi) is 4.10. The van der Waals surface area contributed by atoms with Crippen molar-refractivity contribution in [1.82, 2.24) is 10.3 Å². The van der Waals surface area contributed by atoms with Gasteiger partial charge >= 0.3 is 6.09 Å². The third-order valence-electron chi connectivity index (χ3n) is 4.69. The fraction of sp³-hybridized carbons (Fsp3) is 0.625. The van der Waals surface area contributed by atoms with E-state index in [-0.39, 0.29) is 5.41 Å². The van der Waals surface area contributed by atoms with Gasteiger partial charge in [-0.05, 0) is 50.7 Å². The molecule has 2 saturated carbocycles. The smallest absolute Gasteiger partial charge is 0.404 e. The molecule has 0 atom stereocenters. The molecule has 0 unspecified atom stereocenters. The average molecular weight is 289 g/mol. The molecule has 1 heterocycles. The highest BCUT2D eigenvalue weighted by Crippen LogP contribution is 2.39. The quantitative estimate of drug-likeness (QED) is 0.870. The lowest BCUT2D eigenvalue weighted by Gasteiger charge is -2.39. The summed E-state index contributed by atoms with van der Waals surface area (Å²) < 4.78 is 5.15. The third kappa shape index (κ3) is 3.53. The van der Waals surface area contributed by atoms with Crippen molar-refractivity contribution in [2.24, 2.45) is 5.73 Å². The summed E-state index contributed by atoms with van der Waals surface area (Å²) in [6.45, 7) is 0.329. The zero-order chi connectivity index (χ0) is 14.7. The van der Waals surface area contributed by atoms with Gasteiger partial charge in [-0.25, -0.2) is 4.79 Å². The third-order valence-corrected chi connectivity index (χ3v) is 4.69. The number of hydrogen-bond acceptors (Lipinski definition) is 4. The largest absolute Gasteiger partial charge is 0.449 e. The van der Waals surface area contributed by atoms with Gasteiger partial charge in [-0.15, -0.1) is 0 Å². The van der Waals surface area contributed by atoms with Crippen LogP contribution in [0.2, 0.25) is 0 Å². The van der Waals surface area contributed by atoms with E-state index in [9.17, 15) is 4.79 Å². The van der Waals surface area contributed by atoms with Gasteiger partial charge in [-0.3, -0.25) is 4.98 Å². The predicted octanol–water partition coefficient (Wildman–Crippen LogP) is 2.11. The number of ether oxygens (including phenoxy) is 1. The summed E-state index contributed by atoms with van der Waals surface area (Å²) in [6, 6.07) is 7.25. The molecule has 5 heteroatoms. The second kappa shape index (κ2) is 6.02. The maximum atomic E-state index is 11.0. The molecule has 0 saturated heterocycles. The van der Waals surface area contributed by atoms with E-state index in [4.69, 9.17) is 10.5 Å². The first kappa shape index (κ1) is 14.3. The number of primary amides is 1. The molecule has 0 aromatic carbocycles. The molecule has 5 nitrogen and oxygen atoms in total. The molecule has 2 aliphatic rings. The van der Waals surface area contributed by atoms with Crippen molar-refractivity contribution >= 4 is 6.09 Å². The Morgan fingerprint density at radius 2 is 2.00 bits per heavy atom. The summed E-state index contributed by atoms with van der Waals surface area (Å²) >= 11 is 0. The fourth-order valence-corrected chi connectivity index (χ4v) is 3.28. The van der Waals surface area contributed by atoms with E-state index in [1.807, 2.05) is 18.2 Å². The number of carbonyl (C=O) groups is 1. The number of amides is 1. The van der Waals surface area contributed by atoms with E-state index < -0.39 is 6.09 Å². The highest BCUT2D eigenvalue weighted by Gasteiger charge is 2.40. The first-order valence-electron chi connectivity index (χ1n) is 7.78. The number of pyridine rings is 1. The number of hydrogen-bond donors (Lipinski definition) is 2. The summed E-state index contributed by atoms with van der Waals surface area (Å²) in [5.74, 6) is 0. The molecule has 1 aromatic rings. The Bertz CT molecular complexity index is 480. The molecule has 0 radical (unpaired) electrons. The van der Waals surface area contributed by atoms with Crippen molar-refractivity contribution in [3.8, 4) is 0 Å². The Balaban J connectivity index is 1.69. The van der Waals surface area contributed by atoms with Gasteiger partial charge in [0.1, 0.15) is 6.61 Å². The number of rotatable bonds is 5. The monoisotopic (exact) mass is 289 g/mol. The van der Waals surface area contributed by atoms with Gasteiger partial charge < -0.3 is 15.8 Å². The van der Waals surface area contributed by atoms with Gasteiger partial charge in [0, 0.05) is 29.4 Å². The SMILES string of the molecule is NC(=O)OCC1(c2ccccn2)CCC(NC2CC2)CC1. The minimum absolute atomic E-state index is 0.183. The van der Waals surface area contributed by atoms with Crippen molar-refractivity contribution in [3.05, 3.63) is 30.1 Å². The Morgan fingerprint density at radius 1 is 1.29 bits per heavy atom. The lowest BCUT2D eigenvalue weighted by atomic mass is 9.70. The first-order chi connectivity index (χ1) is 10.2. The van der Waals surface area contributed by atoms with E-state index in [1.54, 1.807) is 6.20 Å². The van der Waals surface area contributed by atoms with Crippen LogP contribution in [-0.2, 0) is 10.2 Å². The molecule has 2 aliphatic carbocycles. The molecule has 114 valence electrons. The van der Waals surface area contributed by atoms with E-state index in [2.05, 4.69) is 10.3 Å². The lowest BCUT2D eigenvalue weighted by Crippen LogP contribution is -2.44. The summed E-state index contributed by atoms with van der Waals surface area (Å²) in [4.78, 5) is 15.5. The Hall–Kier alpha value is -1.62. The van der Waals surface area contributed by atoms with Crippen LogP contribution in [-0.4, -0.2) is 29.8 Å². The van der Waals surface area contributed by atoms with Crippen LogP contribution in [0, 0.1) is 0 Å². The lowest BCUT2D eigenvalue weighted by molar-refractivity contribution is 0.0974. The summed E-state index contributed by atoms with van der Waals surface area (Å²) in [5, 5.41) is 3.69. The summed E-state index contributed by atoms with van der Waals surface area (Å²) in [7, 11) is 0. The first-order valence-corrected chi connectivity index (χ1v) is 7.78. The topological polar surface area (TPSA) is 77.2 Å². The molecule has 0 spiro atoms. The zero-order valence-corrected chi connectivity index (χ0v) is 12.3. The highest BCUT2D eigenvalue weighted by atomic mass is 16.5. The fourth-order valence-electron chi connectivity index (χ4n) is 3.28. The standard InChI is InChI=1S/C16H23N3O2/c17-15(20)21-11-16(14-3-1-2-10-18-14)8-6-13(7-9-16)19-12-4-5-12/h1-3,10,12-13,19H,4-9,11H2,(H2,17,20). The summed E-state index contributed by atoms with van der Waals surface area (Å²) in [6.07, 6.45) is 7.85. The van der Waals surface area contributed by atoms with Gasteiger partial charge in [0.25, 0.3) is 0 Å². The van der Waals surface area contributed by atoms with Crippen molar-refractivity contribution < 1.29 is 9.53 Å². The van der Waals surface area contributed by atoms with Gasteiger partial charge in [0.15, 0.2) is 0 Å². The van der Waals surface area contributed by atoms with Crippen LogP contribution in [0.3, 0.4) is 0 Å². The molecular formula is C16H23N3O2. The average Bonchev–Trinajstić information content (AvgIpc) is 3.32. The van der Waals surface area contributed by atoms with Crippen molar-refractivity contribution in [3.63, 3.8) is 0 Å². The van der Waals surface area contributed by atoms with Crippen LogP contribution in [0.15, 0.2) is 24.4 Å².